The number of nitrogens with one attached hydrogen (secondary N) is 1. The molecule has 1 fully saturated rings. The summed E-state index contributed by atoms with van der Waals surface area (Å²) in [6.07, 6.45) is 9.94. The molecule has 2 heterocycles. The minimum Gasteiger partial charge on any atom is -0.330 e. The van der Waals surface area contributed by atoms with Gasteiger partial charge in [-0.15, -0.1) is 0 Å². The Morgan fingerprint density at radius 1 is 1.69 bits per heavy atom. The number of imidazole rings is 1. The highest BCUT2D eigenvalue weighted by molar-refractivity contribution is 7.98. The van der Waals surface area contributed by atoms with Crippen molar-refractivity contribution in [2.75, 3.05) is 18.6 Å². The van der Waals surface area contributed by atoms with E-state index in [1.54, 1.807) is 0 Å². The molecule has 0 radical (unpaired) electrons. The zero-order chi connectivity index (χ0) is 11.4. The molecule has 2 atom stereocenters. The number of nitrogens with zero attached hydrogens (tertiary/aromatic N) is 2. The van der Waals surface area contributed by atoms with Crippen molar-refractivity contribution in [3.8, 4) is 0 Å². The fourth-order valence-corrected chi connectivity index (χ4v) is 2.89. The van der Waals surface area contributed by atoms with Gasteiger partial charge in [0.2, 0.25) is 0 Å². The van der Waals surface area contributed by atoms with Gasteiger partial charge < -0.3 is 9.88 Å². The van der Waals surface area contributed by atoms with Gasteiger partial charge in [-0.1, -0.05) is 0 Å². The second-order valence-corrected chi connectivity index (χ2v) is 5.49. The molecule has 1 saturated heterocycles. The number of thioether (sulfide) groups is 1. The van der Waals surface area contributed by atoms with Crippen LogP contribution in [0.5, 0.6) is 0 Å². The summed E-state index contributed by atoms with van der Waals surface area (Å²) < 4.78 is 2.35. The Morgan fingerprint density at radius 3 is 3.25 bits per heavy atom. The lowest BCUT2D eigenvalue weighted by Gasteiger charge is -2.19. The third-order valence-corrected chi connectivity index (χ3v) is 3.97. The lowest BCUT2D eigenvalue weighted by Crippen LogP contribution is -2.18. The van der Waals surface area contributed by atoms with Gasteiger partial charge in [-0.25, -0.2) is 4.98 Å². The van der Waals surface area contributed by atoms with Gasteiger partial charge in [0.25, 0.3) is 0 Å². The summed E-state index contributed by atoms with van der Waals surface area (Å²) in [6.45, 7) is 3.44. The molecule has 3 nitrogen and oxygen atoms in total. The molecular formula is C12H21N3S. The highest BCUT2D eigenvalue weighted by Crippen LogP contribution is 2.26. The first kappa shape index (κ1) is 12.0. The van der Waals surface area contributed by atoms with Crippen molar-refractivity contribution >= 4 is 11.8 Å². The van der Waals surface area contributed by atoms with Crippen LogP contribution in [-0.2, 0) is 0 Å². The smallest absolute Gasteiger partial charge is 0.0951 e. The summed E-state index contributed by atoms with van der Waals surface area (Å²) >= 11 is 1.92. The molecule has 1 aliphatic rings. The van der Waals surface area contributed by atoms with Crippen molar-refractivity contribution in [3.63, 3.8) is 0 Å². The third-order valence-electron chi connectivity index (χ3n) is 3.33. The molecule has 2 rings (SSSR count). The molecule has 0 saturated carbocycles. The van der Waals surface area contributed by atoms with E-state index in [2.05, 4.69) is 28.0 Å². The second kappa shape index (κ2) is 5.73. The minimum atomic E-state index is 0.527. The summed E-state index contributed by atoms with van der Waals surface area (Å²) in [5, 5.41) is 3.54. The lowest BCUT2D eigenvalue weighted by atomic mass is 10.1. The van der Waals surface area contributed by atoms with Crippen molar-refractivity contribution in [2.24, 2.45) is 0 Å². The fraction of sp³-hybridized carbons (Fsp3) is 0.750. The molecule has 4 heteroatoms. The summed E-state index contributed by atoms with van der Waals surface area (Å²) in [5.74, 6) is 1.22. The van der Waals surface area contributed by atoms with E-state index in [1.807, 2.05) is 24.3 Å². The van der Waals surface area contributed by atoms with Gasteiger partial charge in [-0.05, 0) is 44.7 Å². The van der Waals surface area contributed by atoms with Crippen LogP contribution in [0.15, 0.2) is 12.5 Å². The standard InChI is InChI=1S/C12H21N3S/c1-10(5-7-16-2)15-9-13-8-12(15)11-4-3-6-14-11/h8-11,14H,3-7H2,1-2H3. The molecule has 1 N–H and O–H groups in total. The van der Waals surface area contributed by atoms with E-state index in [0.717, 1.165) is 6.54 Å². The van der Waals surface area contributed by atoms with Gasteiger partial charge in [0.1, 0.15) is 0 Å². The number of hydrogen-bond donors (Lipinski definition) is 1. The Balaban J connectivity index is 2.05. The van der Waals surface area contributed by atoms with Gasteiger partial charge in [-0.2, -0.15) is 11.8 Å². The summed E-state index contributed by atoms with van der Waals surface area (Å²) in [7, 11) is 0. The van der Waals surface area contributed by atoms with Crippen LogP contribution < -0.4 is 5.32 Å². The molecule has 1 aliphatic heterocycles. The lowest BCUT2D eigenvalue weighted by molar-refractivity contribution is 0.482. The van der Waals surface area contributed by atoms with Gasteiger partial charge >= 0.3 is 0 Å². The van der Waals surface area contributed by atoms with Crippen LogP contribution in [0.1, 0.15) is 44.0 Å². The number of aromatic nitrogens is 2. The molecule has 1 aromatic rings. The molecule has 0 spiro atoms. The molecule has 16 heavy (non-hydrogen) atoms. The normalized spacial score (nSPS) is 22.5. The van der Waals surface area contributed by atoms with Crippen LogP contribution in [0.4, 0.5) is 0 Å². The molecule has 1 aromatic heterocycles. The number of hydrogen-bond acceptors (Lipinski definition) is 3. The maximum absolute atomic E-state index is 4.31. The minimum absolute atomic E-state index is 0.527. The van der Waals surface area contributed by atoms with Gasteiger partial charge in [-0.3, -0.25) is 0 Å². The van der Waals surface area contributed by atoms with Crippen LogP contribution in [0.3, 0.4) is 0 Å². The second-order valence-electron chi connectivity index (χ2n) is 4.51. The van der Waals surface area contributed by atoms with Crippen LogP contribution in [0, 0.1) is 0 Å². The van der Waals surface area contributed by atoms with E-state index in [-0.39, 0.29) is 0 Å². The zero-order valence-electron chi connectivity index (χ0n) is 10.1. The first-order valence-electron chi connectivity index (χ1n) is 6.07. The average Bonchev–Trinajstić information content (AvgIpc) is 2.94. The average molecular weight is 239 g/mol. The predicted octanol–water partition coefficient (Wildman–Crippen LogP) is 2.62. The van der Waals surface area contributed by atoms with E-state index in [0.29, 0.717) is 12.1 Å². The molecule has 90 valence electrons. The van der Waals surface area contributed by atoms with E-state index in [9.17, 15) is 0 Å². The van der Waals surface area contributed by atoms with Gasteiger partial charge in [0.15, 0.2) is 0 Å². The van der Waals surface area contributed by atoms with Crippen LogP contribution in [0.2, 0.25) is 0 Å². The largest absolute Gasteiger partial charge is 0.330 e. The van der Waals surface area contributed by atoms with Crippen molar-refractivity contribution < 1.29 is 0 Å². The molecular weight excluding hydrogens is 218 g/mol. The van der Waals surface area contributed by atoms with E-state index >= 15 is 0 Å². The van der Waals surface area contributed by atoms with E-state index < -0.39 is 0 Å². The van der Waals surface area contributed by atoms with E-state index in [1.165, 1.54) is 30.7 Å². The molecule has 0 amide bonds. The SMILES string of the molecule is CSCCC(C)n1cncc1C1CCCN1. The summed E-state index contributed by atoms with van der Waals surface area (Å²) in [6, 6.07) is 1.09. The van der Waals surface area contributed by atoms with Gasteiger partial charge in [0, 0.05) is 18.3 Å². The summed E-state index contributed by atoms with van der Waals surface area (Å²) in [4.78, 5) is 4.31. The van der Waals surface area contributed by atoms with Crippen LogP contribution in [-0.4, -0.2) is 28.1 Å². The Morgan fingerprint density at radius 2 is 2.56 bits per heavy atom. The Labute approximate surface area is 102 Å². The zero-order valence-corrected chi connectivity index (χ0v) is 11.0. The highest BCUT2D eigenvalue weighted by atomic mass is 32.2. The quantitative estimate of drug-likeness (QED) is 0.856. The first-order valence-corrected chi connectivity index (χ1v) is 7.46. The van der Waals surface area contributed by atoms with Crippen LogP contribution >= 0.6 is 11.8 Å². The molecule has 0 aliphatic carbocycles. The van der Waals surface area contributed by atoms with Crippen molar-refractivity contribution in [3.05, 3.63) is 18.2 Å². The van der Waals surface area contributed by atoms with Crippen molar-refractivity contribution in [1.29, 1.82) is 0 Å². The van der Waals surface area contributed by atoms with Crippen molar-refractivity contribution in [1.82, 2.24) is 14.9 Å². The van der Waals surface area contributed by atoms with Crippen molar-refractivity contribution in [2.45, 2.75) is 38.3 Å². The predicted molar refractivity (Wildman–Crippen MR) is 69.9 cm³/mol. The Bertz CT molecular complexity index is 318. The topological polar surface area (TPSA) is 29.9 Å². The van der Waals surface area contributed by atoms with Gasteiger partial charge in [0.05, 0.1) is 12.0 Å². The summed E-state index contributed by atoms with van der Waals surface area (Å²) in [5.41, 5.74) is 1.37. The maximum Gasteiger partial charge on any atom is 0.0951 e. The maximum atomic E-state index is 4.31. The Hall–Kier alpha value is -0.480. The first-order chi connectivity index (χ1) is 7.83. The number of rotatable bonds is 5. The molecule has 2 unspecified atom stereocenters. The highest BCUT2D eigenvalue weighted by Gasteiger charge is 2.21. The molecule has 0 bridgehead atoms. The monoisotopic (exact) mass is 239 g/mol. The Kier molecular flexibility index (Phi) is 4.29. The fourth-order valence-electron chi connectivity index (χ4n) is 2.32. The van der Waals surface area contributed by atoms with E-state index in [4.69, 9.17) is 0 Å². The van der Waals surface area contributed by atoms with Crippen LogP contribution in [0.25, 0.3) is 0 Å². The third kappa shape index (κ3) is 2.61. The molecule has 0 aromatic carbocycles.